The molecule has 108 valence electrons. The minimum atomic E-state index is -0.958. The van der Waals surface area contributed by atoms with Gasteiger partial charge in [0.2, 0.25) is 5.91 Å². The number of hydrogen-bond donors (Lipinski definition) is 1. The summed E-state index contributed by atoms with van der Waals surface area (Å²) >= 11 is 0. The largest absolute Gasteiger partial charge is 0.478 e. The number of aromatic carboxylic acids is 1. The molecule has 0 radical (unpaired) electrons. The van der Waals surface area contributed by atoms with Crippen LogP contribution in [0, 0.1) is 0 Å². The summed E-state index contributed by atoms with van der Waals surface area (Å²) in [5.41, 5.74) is 1.00. The SMILES string of the molecule is CCC1CCC(C)N1C(=O)Cc1cccc(C(=O)O)c1. The standard InChI is InChI=1S/C16H21NO3/c1-3-14-8-7-11(2)17(14)15(18)10-12-5-4-6-13(9-12)16(19)20/h4-6,9,11,14H,3,7-8,10H2,1-2H3,(H,19,20). The zero-order valence-electron chi connectivity index (χ0n) is 12.0. The monoisotopic (exact) mass is 275 g/mol. The van der Waals surface area contributed by atoms with E-state index in [1.54, 1.807) is 18.2 Å². The number of likely N-dealkylation sites (tertiary alicyclic amines) is 1. The Hall–Kier alpha value is -1.84. The number of carbonyl (C=O) groups is 2. The average Bonchev–Trinajstić information content (AvgIpc) is 2.80. The smallest absolute Gasteiger partial charge is 0.335 e. The zero-order chi connectivity index (χ0) is 14.7. The van der Waals surface area contributed by atoms with Gasteiger partial charge in [0.15, 0.2) is 0 Å². The van der Waals surface area contributed by atoms with Crippen LogP contribution in [0.4, 0.5) is 0 Å². The fourth-order valence-electron chi connectivity index (χ4n) is 3.00. The summed E-state index contributed by atoms with van der Waals surface area (Å²) in [5, 5.41) is 8.98. The molecular formula is C16H21NO3. The molecule has 1 heterocycles. The summed E-state index contributed by atoms with van der Waals surface area (Å²) in [6, 6.07) is 7.25. The lowest BCUT2D eigenvalue weighted by molar-refractivity contribution is -0.133. The van der Waals surface area contributed by atoms with E-state index in [4.69, 9.17) is 5.11 Å². The maximum Gasteiger partial charge on any atom is 0.335 e. The Balaban J connectivity index is 2.11. The highest BCUT2D eigenvalue weighted by molar-refractivity contribution is 5.88. The number of hydrogen-bond acceptors (Lipinski definition) is 2. The third-order valence-corrected chi connectivity index (χ3v) is 4.07. The maximum absolute atomic E-state index is 12.5. The molecule has 2 rings (SSSR count). The Kier molecular flexibility index (Phi) is 4.42. The fourth-order valence-corrected chi connectivity index (χ4v) is 3.00. The van der Waals surface area contributed by atoms with Gasteiger partial charge in [-0.05, 0) is 43.9 Å². The van der Waals surface area contributed by atoms with Crippen molar-refractivity contribution in [2.45, 2.75) is 51.6 Å². The topological polar surface area (TPSA) is 57.6 Å². The van der Waals surface area contributed by atoms with Crippen molar-refractivity contribution in [1.29, 1.82) is 0 Å². The van der Waals surface area contributed by atoms with E-state index in [2.05, 4.69) is 13.8 Å². The van der Waals surface area contributed by atoms with Gasteiger partial charge in [-0.1, -0.05) is 19.1 Å². The highest BCUT2D eigenvalue weighted by Crippen LogP contribution is 2.26. The first kappa shape index (κ1) is 14.6. The Morgan fingerprint density at radius 2 is 2.10 bits per heavy atom. The van der Waals surface area contributed by atoms with Crippen molar-refractivity contribution in [3.8, 4) is 0 Å². The molecule has 1 fully saturated rings. The molecule has 1 N–H and O–H groups in total. The van der Waals surface area contributed by atoms with Crippen LogP contribution in [0.2, 0.25) is 0 Å². The minimum Gasteiger partial charge on any atom is -0.478 e. The number of rotatable bonds is 4. The number of carboxylic acids is 1. The molecule has 1 aliphatic rings. The van der Waals surface area contributed by atoms with Crippen LogP contribution in [-0.2, 0) is 11.2 Å². The van der Waals surface area contributed by atoms with Gasteiger partial charge in [0.25, 0.3) is 0 Å². The normalized spacial score (nSPS) is 22.0. The molecule has 1 aromatic carbocycles. The third-order valence-electron chi connectivity index (χ3n) is 4.07. The van der Waals surface area contributed by atoms with Gasteiger partial charge in [0.1, 0.15) is 0 Å². The van der Waals surface area contributed by atoms with E-state index in [1.165, 1.54) is 0 Å². The maximum atomic E-state index is 12.5. The second kappa shape index (κ2) is 6.07. The Morgan fingerprint density at radius 1 is 1.35 bits per heavy atom. The number of amides is 1. The molecule has 0 saturated carbocycles. The van der Waals surface area contributed by atoms with E-state index in [0.29, 0.717) is 6.04 Å². The van der Waals surface area contributed by atoms with Gasteiger partial charge in [-0.25, -0.2) is 4.79 Å². The predicted octanol–water partition coefficient (Wildman–Crippen LogP) is 2.72. The molecule has 20 heavy (non-hydrogen) atoms. The first-order valence-electron chi connectivity index (χ1n) is 7.16. The number of carboxylic acid groups (broad SMARTS) is 1. The van der Waals surface area contributed by atoms with E-state index < -0.39 is 5.97 Å². The van der Waals surface area contributed by atoms with Gasteiger partial charge < -0.3 is 10.0 Å². The second-order valence-corrected chi connectivity index (χ2v) is 5.47. The van der Waals surface area contributed by atoms with Crippen molar-refractivity contribution < 1.29 is 14.7 Å². The molecular weight excluding hydrogens is 254 g/mol. The van der Waals surface area contributed by atoms with E-state index in [1.807, 2.05) is 11.0 Å². The molecule has 1 aromatic rings. The molecule has 0 aliphatic carbocycles. The van der Waals surface area contributed by atoms with Crippen LogP contribution >= 0.6 is 0 Å². The first-order chi connectivity index (χ1) is 9.52. The zero-order valence-corrected chi connectivity index (χ0v) is 12.0. The minimum absolute atomic E-state index is 0.101. The summed E-state index contributed by atoms with van der Waals surface area (Å²) in [4.78, 5) is 25.4. The highest BCUT2D eigenvalue weighted by Gasteiger charge is 2.32. The van der Waals surface area contributed by atoms with Gasteiger partial charge in [0, 0.05) is 12.1 Å². The Morgan fingerprint density at radius 3 is 2.75 bits per heavy atom. The van der Waals surface area contributed by atoms with Crippen molar-refractivity contribution in [3.05, 3.63) is 35.4 Å². The summed E-state index contributed by atoms with van der Waals surface area (Å²) in [6.45, 7) is 4.19. The lowest BCUT2D eigenvalue weighted by atomic mass is 10.1. The lowest BCUT2D eigenvalue weighted by Gasteiger charge is -2.28. The molecule has 1 saturated heterocycles. The van der Waals surface area contributed by atoms with Crippen molar-refractivity contribution in [2.24, 2.45) is 0 Å². The van der Waals surface area contributed by atoms with Crippen LogP contribution in [-0.4, -0.2) is 34.0 Å². The molecule has 1 aliphatic heterocycles. The molecule has 0 bridgehead atoms. The highest BCUT2D eigenvalue weighted by atomic mass is 16.4. The van der Waals surface area contributed by atoms with Crippen molar-refractivity contribution in [1.82, 2.24) is 4.90 Å². The van der Waals surface area contributed by atoms with Gasteiger partial charge in [-0.3, -0.25) is 4.79 Å². The molecule has 4 nitrogen and oxygen atoms in total. The van der Waals surface area contributed by atoms with Gasteiger partial charge in [-0.15, -0.1) is 0 Å². The van der Waals surface area contributed by atoms with E-state index in [0.717, 1.165) is 24.8 Å². The first-order valence-corrected chi connectivity index (χ1v) is 7.16. The van der Waals surface area contributed by atoms with E-state index in [9.17, 15) is 9.59 Å². The van der Waals surface area contributed by atoms with Crippen molar-refractivity contribution in [3.63, 3.8) is 0 Å². The van der Waals surface area contributed by atoms with Crippen LogP contribution in [0.5, 0.6) is 0 Å². The summed E-state index contributed by atoms with van der Waals surface area (Å²) in [5.74, 6) is -0.857. The number of nitrogens with zero attached hydrogens (tertiary/aromatic N) is 1. The summed E-state index contributed by atoms with van der Waals surface area (Å²) < 4.78 is 0. The van der Waals surface area contributed by atoms with Crippen LogP contribution in [0.25, 0.3) is 0 Å². The van der Waals surface area contributed by atoms with Crippen LogP contribution in [0.1, 0.15) is 49.0 Å². The van der Waals surface area contributed by atoms with Crippen LogP contribution in [0.15, 0.2) is 24.3 Å². The van der Waals surface area contributed by atoms with Gasteiger partial charge in [0.05, 0.1) is 12.0 Å². The molecule has 0 aromatic heterocycles. The fraction of sp³-hybridized carbons (Fsp3) is 0.500. The molecule has 4 heteroatoms. The second-order valence-electron chi connectivity index (χ2n) is 5.47. The molecule has 1 amide bonds. The molecule has 2 unspecified atom stereocenters. The van der Waals surface area contributed by atoms with E-state index >= 15 is 0 Å². The number of carbonyl (C=O) groups excluding carboxylic acids is 1. The Bertz CT molecular complexity index is 512. The summed E-state index contributed by atoms with van der Waals surface area (Å²) in [7, 11) is 0. The number of benzene rings is 1. The quantitative estimate of drug-likeness (QED) is 0.919. The molecule has 0 spiro atoms. The Labute approximate surface area is 119 Å². The van der Waals surface area contributed by atoms with E-state index in [-0.39, 0.29) is 23.9 Å². The van der Waals surface area contributed by atoms with Gasteiger partial charge >= 0.3 is 5.97 Å². The van der Waals surface area contributed by atoms with Crippen LogP contribution < -0.4 is 0 Å². The summed E-state index contributed by atoms with van der Waals surface area (Å²) in [6.07, 6.45) is 3.38. The van der Waals surface area contributed by atoms with Crippen LogP contribution in [0.3, 0.4) is 0 Å². The van der Waals surface area contributed by atoms with Gasteiger partial charge in [-0.2, -0.15) is 0 Å². The predicted molar refractivity (Wildman–Crippen MR) is 76.7 cm³/mol. The lowest BCUT2D eigenvalue weighted by Crippen LogP contribution is -2.40. The average molecular weight is 275 g/mol. The van der Waals surface area contributed by atoms with Crippen molar-refractivity contribution in [2.75, 3.05) is 0 Å². The molecule has 2 atom stereocenters. The van der Waals surface area contributed by atoms with Crippen molar-refractivity contribution >= 4 is 11.9 Å². The third kappa shape index (κ3) is 3.00.